The van der Waals surface area contributed by atoms with Crippen molar-refractivity contribution in [3.8, 4) is 32.8 Å². The predicted molar refractivity (Wildman–Crippen MR) is 135 cm³/mol. The van der Waals surface area contributed by atoms with Crippen LogP contribution in [0, 0.1) is 0 Å². The second kappa shape index (κ2) is 9.13. The van der Waals surface area contributed by atoms with Crippen molar-refractivity contribution >= 4 is 7.53 Å². The van der Waals surface area contributed by atoms with Crippen molar-refractivity contribution in [3.63, 3.8) is 0 Å². The van der Waals surface area contributed by atoms with E-state index in [0.29, 0.717) is 0 Å². The molecule has 0 amide bonds. The summed E-state index contributed by atoms with van der Waals surface area (Å²) >= 11 is 0. The summed E-state index contributed by atoms with van der Waals surface area (Å²) < 4.78 is 0. The Morgan fingerprint density at radius 2 is 0.774 bits per heavy atom. The van der Waals surface area contributed by atoms with Crippen LogP contribution in [0.5, 0.6) is 0 Å². The summed E-state index contributed by atoms with van der Waals surface area (Å²) in [7, 11) is -0.543. The first kappa shape index (κ1) is 19.5. The first-order chi connectivity index (χ1) is 15.4. The number of rotatable bonds is 5. The second-order valence-corrected chi connectivity index (χ2v) is 9.82. The third kappa shape index (κ3) is 4.36. The third-order valence-electron chi connectivity index (χ3n) is 5.60. The van der Waals surface area contributed by atoms with Crippen molar-refractivity contribution in [1.29, 1.82) is 0 Å². The predicted octanol–water partition coefficient (Wildman–Crippen LogP) is 9.00. The van der Waals surface area contributed by atoms with Gasteiger partial charge in [0, 0.05) is 11.1 Å². The van der Waals surface area contributed by atoms with Crippen LogP contribution in [0.15, 0.2) is 133 Å². The largest absolute Gasteiger partial charge is 0.157 e. The molecule has 148 valence electrons. The number of hydrogen-bond acceptors (Lipinski definition) is 0. The molecule has 1 heterocycles. The molecule has 0 unspecified atom stereocenters. The van der Waals surface area contributed by atoms with Crippen molar-refractivity contribution < 1.29 is 0 Å². The van der Waals surface area contributed by atoms with E-state index in [0.717, 1.165) is 6.16 Å². The fraction of sp³-hybridized carbons (Fsp3) is 0.0333. The first-order valence-corrected chi connectivity index (χ1v) is 12.2. The van der Waals surface area contributed by atoms with Gasteiger partial charge in [-0.2, -0.15) is 0 Å². The summed E-state index contributed by atoms with van der Waals surface area (Å²) in [5, 5.41) is 2.89. The molecule has 0 saturated carbocycles. The molecule has 0 atom stereocenters. The molecule has 0 aliphatic heterocycles. The fourth-order valence-electron chi connectivity index (χ4n) is 4.05. The maximum atomic E-state index is 2.42. The summed E-state index contributed by atoms with van der Waals surface area (Å²) in [5.41, 5.74) is 6.57. The molecule has 4 aromatic carbocycles. The number of benzene rings is 4. The minimum absolute atomic E-state index is 0.543. The van der Waals surface area contributed by atoms with E-state index in [1.807, 2.05) is 0 Å². The molecule has 0 radical (unpaired) electrons. The standard InChI is InChI=1S/C30H24P/c1-5-13-24(14-6-1)23-31-29(26-17-9-3-10-18-26)21-28(25-15-7-2-8-16-25)22-30(31)27-19-11-4-12-20-27/h1-22H,23H2/q+1. The van der Waals surface area contributed by atoms with Gasteiger partial charge in [0.15, 0.2) is 10.6 Å². The van der Waals surface area contributed by atoms with Crippen molar-refractivity contribution in [1.82, 2.24) is 0 Å². The molecule has 0 bridgehead atoms. The highest BCUT2D eigenvalue weighted by Crippen LogP contribution is 2.52. The van der Waals surface area contributed by atoms with Gasteiger partial charge in [-0.05, 0) is 28.8 Å². The van der Waals surface area contributed by atoms with Gasteiger partial charge in [0.25, 0.3) is 0 Å². The normalized spacial score (nSPS) is 10.7. The van der Waals surface area contributed by atoms with Crippen LogP contribution in [-0.2, 0) is 6.16 Å². The van der Waals surface area contributed by atoms with Gasteiger partial charge in [0.05, 0.1) is 0 Å². The quantitative estimate of drug-likeness (QED) is 0.269. The molecule has 0 fully saturated rings. The van der Waals surface area contributed by atoms with Crippen molar-refractivity contribution in [2.45, 2.75) is 6.16 Å². The maximum absolute atomic E-state index is 2.42. The van der Waals surface area contributed by atoms with E-state index < -0.39 is 7.53 Å². The molecule has 0 nitrogen and oxygen atoms in total. The molecular formula is C30H24P+. The van der Waals surface area contributed by atoms with E-state index in [9.17, 15) is 0 Å². The van der Waals surface area contributed by atoms with Crippen LogP contribution in [0.2, 0.25) is 0 Å². The molecule has 0 aliphatic rings. The summed E-state index contributed by atoms with van der Waals surface area (Å²) in [4.78, 5) is 0. The lowest BCUT2D eigenvalue weighted by Gasteiger charge is -2.10. The molecule has 0 saturated heterocycles. The summed E-state index contributed by atoms with van der Waals surface area (Å²) in [6.07, 6.45) is 1.04. The molecule has 1 aromatic heterocycles. The summed E-state index contributed by atoms with van der Waals surface area (Å²) in [6, 6.07) is 48.3. The van der Waals surface area contributed by atoms with Crippen molar-refractivity contribution in [2.24, 2.45) is 0 Å². The highest BCUT2D eigenvalue weighted by atomic mass is 31.1. The van der Waals surface area contributed by atoms with E-state index in [1.165, 1.54) is 38.4 Å². The van der Waals surface area contributed by atoms with Crippen molar-refractivity contribution in [2.75, 3.05) is 0 Å². The van der Waals surface area contributed by atoms with Crippen LogP contribution in [-0.4, -0.2) is 0 Å². The van der Waals surface area contributed by atoms with Gasteiger partial charge in [-0.3, -0.25) is 0 Å². The van der Waals surface area contributed by atoms with Gasteiger partial charge in [-0.15, -0.1) is 0 Å². The smallest absolute Gasteiger partial charge is 0.0622 e. The van der Waals surface area contributed by atoms with Crippen LogP contribution < -0.4 is 0 Å². The minimum atomic E-state index is -0.543. The van der Waals surface area contributed by atoms with Crippen LogP contribution in [0.3, 0.4) is 0 Å². The van der Waals surface area contributed by atoms with Gasteiger partial charge in [0.2, 0.25) is 0 Å². The Kier molecular flexibility index (Phi) is 5.74. The Hall–Kier alpha value is -3.47. The van der Waals surface area contributed by atoms with Crippen molar-refractivity contribution in [3.05, 3.63) is 139 Å². The van der Waals surface area contributed by atoms with Crippen LogP contribution in [0.1, 0.15) is 5.56 Å². The zero-order valence-corrected chi connectivity index (χ0v) is 18.3. The first-order valence-electron chi connectivity index (χ1n) is 10.7. The average molecular weight is 415 g/mol. The molecule has 0 aliphatic carbocycles. The van der Waals surface area contributed by atoms with E-state index in [-0.39, 0.29) is 0 Å². The second-order valence-electron chi connectivity index (χ2n) is 7.68. The Morgan fingerprint density at radius 1 is 0.387 bits per heavy atom. The lowest BCUT2D eigenvalue weighted by Crippen LogP contribution is -1.88. The highest BCUT2D eigenvalue weighted by molar-refractivity contribution is 7.55. The molecule has 1 heteroatoms. The molecule has 5 aromatic rings. The molecule has 0 N–H and O–H groups in total. The zero-order valence-electron chi connectivity index (χ0n) is 17.4. The molecule has 0 spiro atoms. The Balaban J connectivity index is 1.79. The van der Waals surface area contributed by atoms with Crippen LogP contribution >= 0.6 is 7.53 Å². The molecule has 31 heavy (non-hydrogen) atoms. The summed E-state index contributed by atoms with van der Waals surface area (Å²) in [5.74, 6) is 0. The van der Waals surface area contributed by atoms with Gasteiger partial charge in [-0.1, -0.05) is 121 Å². The Bertz CT molecular complexity index is 1200. The van der Waals surface area contributed by atoms with Crippen LogP contribution in [0.25, 0.3) is 32.8 Å². The van der Waals surface area contributed by atoms with Gasteiger partial charge in [-0.25, -0.2) is 0 Å². The maximum Gasteiger partial charge on any atom is 0.157 e. The van der Waals surface area contributed by atoms with Gasteiger partial charge >= 0.3 is 0 Å². The Morgan fingerprint density at radius 3 is 1.23 bits per heavy atom. The minimum Gasteiger partial charge on any atom is -0.0622 e. The number of hydrogen-bond donors (Lipinski definition) is 0. The van der Waals surface area contributed by atoms with Crippen LogP contribution in [0.4, 0.5) is 0 Å². The lowest BCUT2D eigenvalue weighted by atomic mass is 10.0. The van der Waals surface area contributed by atoms with E-state index in [1.54, 1.807) is 0 Å². The monoisotopic (exact) mass is 415 g/mol. The fourth-order valence-corrected chi connectivity index (χ4v) is 6.74. The van der Waals surface area contributed by atoms with Gasteiger partial charge in [0.1, 0.15) is 13.7 Å². The van der Waals surface area contributed by atoms with E-state index in [4.69, 9.17) is 0 Å². The molecule has 5 rings (SSSR count). The topological polar surface area (TPSA) is 0 Å². The van der Waals surface area contributed by atoms with E-state index >= 15 is 0 Å². The average Bonchev–Trinajstić information content (AvgIpc) is 2.86. The zero-order chi connectivity index (χ0) is 20.9. The molecular weight excluding hydrogens is 391 g/mol. The lowest BCUT2D eigenvalue weighted by molar-refractivity contribution is 1.41. The SMILES string of the molecule is c1ccc(C[p+]2c(-c3ccccc3)cc(-c3ccccc3)cc2-c2ccccc2)cc1. The summed E-state index contributed by atoms with van der Waals surface area (Å²) in [6.45, 7) is 0. The highest BCUT2D eigenvalue weighted by Gasteiger charge is 2.25. The van der Waals surface area contributed by atoms with Gasteiger partial charge < -0.3 is 0 Å². The van der Waals surface area contributed by atoms with E-state index in [2.05, 4.69) is 133 Å². The third-order valence-corrected chi connectivity index (χ3v) is 8.21. The Labute approximate surface area is 185 Å².